The molecule has 0 amide bonds. The van der Waals surface area contributed by atoms with Crippen LogP contribution in [0.25, 0.3) is 0 Å². The summed E-state index contributed by atoms with van der Waals surface area (Å²) in [6.07, 6.45) is -0.0421. The first-order valence-electron chi connectivity index (χ1n) is 6.25. The molecule has 0 unspecified atom stereocenters. The Labute approximate surface area is 125 Å². The molecule has 21 heavy (non-hydrogen) atoms. The van der Waals surface area contributed by atoms with E-state index in [2.05, 4.69) is 0 Å². The number of sulfonamides is 2. The number of primary sulfonamides is 1. The summed E-state index contributed by atoms with van der Waals surface area (Å²) in [6.45, 7) is 3.74. The molecule has 0 aliphatic heterocycles. The van der Waals surface area contributed by atoms with Gasteiger partial charge in [0.15, 0.2) is 0 Å². The van der Waals surface area contributed by atoms with Crippen molar-refractivity contribution in [1.29, 1.82) is 0 Å². The Morgan fingerprint density at radius 3 is 2.10 bits per heavy atom. The second-order valence-corrected chi connectivity index (χ2v) is 8.42. The van der Waals surface area contributed by atoms with E-state index in [1.54, 1.807) is 0 Å². The molecular weight excluding hydrogens is 316 g/mol. The van der Waals surface area contributed by atoms with Gasteiger partial charge in [-0.15, -0.1) is 0 Å². The first-order valence-corrected chi connectivity index (χ1v) is 9.40. The number of rotatable bonds is 7. The minimum absolute atomic E-state index is 0.0421. The van der Waals surface area contributed by atoms with Gasteiger partial charge < -0.3 is 4.74 Å². The standard InChI is InChI=1S/C12H20N2O5S2/c1-10(2)19-8-9-20(15,16)14(3)11-4-6-12(7-5-11)21(13,17)18/h4-7,10H,8-9H2,1-3H3,(H2,13,17,18). The van der Waals surface area contributed by atoms with E-state index in [-0.39, 0.29) is 23.4 Å². The van der Waals surface area contributed by atoms with Gasteiger partial charge in [-0.05, 0) is 38.1 Å². The van der Waals surface area contributed by atoms with Crippen molar-refractivity contribution in [2.75, 3.05) is 23.7 Å². The summed E-state index contributed by atoms with van der Waals surface area (Å²) in [4.78, 5) is -0.0693. The van der Waals surface area contributed by atoms with Crippen LogP contribution in [0, 0.1) is 0 Å². The molecule has 0 saturated carbocycles. The first kappa shape index (κ1) is 17.9. The van der Waals surface area contributed by atoms with E-state index in [1.165, 1.54) is 31.3 Å². The van der Waals surface area contributed by atoms with E-state index < -0.39 is 20.0 Å². The van der Waals surface area contributed by atoms with Crippen LogP contribution in [0.4, 0.5) is 5.69 Å². The largest absolute Gasteiger partial charge is 0.378 e. The summed E-state index contributed by atoms with van der Waals surface area (Å²) in [6, 6.07) is 5.31. The predicted octanol–water partition coefficient (Wildman–Crippen LogP) is 0.525. The Balaban J connectivity index is 2.85. The third kappa shape index (κ3) is 5.27. The minimum atomic E-state index is -3.79. The lowest BCUT2D eigenvalue weighted by atomic mass is 10.3. The highest BCUT2D eigenvalue weighted by Crippen LogP contribution is 2.19. The Morgan fingerprint density at radius 1 is 1.14 bits per heavy atom. The Kier molecular flexibility index (Phi) is 5.74. The first-order chi connectivity index (χ1) is 9.54. The molecule has 0 spiro atoms. The minimum Gasteiger partial charge on any atom is -0.378 e. The second kappa shape index (κ2) is 6.73. The highest BCUT2D eigenvalue weighted by Gasteiger charge is 2.19. The van der Waals surface area contributed by atoms with Crippen LogP contribution in [-0.2, 0) is 24.8 Å². The van der Waals surface area contributed by atoms with Crippen LogP contribution >= 0.6 is 0 Å². The van der Waals surface area contributed by atoms with Crippen LogP contribution in [0.2, 0.25) is 0 Å². The number of ether oxygens (including phenoxy) is 1. The molecule has 0 fully saturated rings. The summed E-state index contributed by atoms with van der Waals surface area (Å²) in [5.74, 6) is -0.154. The van der Waals surface area contributed by atoms with Crippen LogP contribution in [0.5, 0.6) is 0 Å². The van der Waals surface area contributed by atoms with Crippen LogP contribution in [0.3, 0.4) is 0 Å². The fourth-order valence-electron chi connectivity index (χ4n) is 1.53. The molecule has 0 radical (unpaired) electrons. The van der Waals surface area contributed by atoms with Gasteiger partial charge in [-0.1, -0.05) is 0 Å². The van der Waals surface area contributed by atoms with Gasteiger partial charge in [0, 0.05) is 7.05 Å². The molecule has 0 atom stereocenters. The lowest BCUT2D eigenvalue weighted by molar-refractivity contribution is 0.0912. The fraction of sp³-hybridized carbons (Fsp3) is 0.500. The number of hydrogen-bond acceptors (Lipinski definition) is 5. The molecule has 1 aromatic carbocycles. The van der Waals surface area contributed by atoms with Crippen LogP contribution in [0.15, 0.2) is 29.2 Å². The molecule has 2 N–H and O–H groups in total. The van der Waals surface area contributed by atoms with Gasteiger partial charge >= 0.3 is 0 Å². The van der Waals surface area contributed by atoms with Crippen molar-refractivity contribution in [1.82, 2.24) is 0 Å². The quantitative estimate of drug-likeness (QED) is 0.781. The molecule has 120 valence electrons. The Hall–Kier alpha value is -1.16. The number of benzene rings is 1. The van der Waals surface area contributed by atoms with Gasteiger partial charge in [0.2, 0.25) is 20.0 Å². The van der Waals surface area contributed by atoms with Gasteiger partial charge in [-0.3, -0.25) is 4.31 Å². The molecule has 0 saturated heterocycles. The average Bonchev–Trinajstić information content (AvgIpc) is 2.36. The summed E-state index contributed by atoms with van der Waals surface area (Å²) in [5.41, 5.74) is 0.354. The molecule has 0 bridgehead atoms. The van der Waals surface area contributed by atoms with E-state index in [1.807, 2.05) is 13.8 Å². The second-order valence-electron chi connectivity index (χ2n) is 4.74. The van der Waals surface area contributed by atoms with Crippen molar-refractivity contribution in [3.05, 3.63) is 24.3 Å². The lowest BCUT2D eigenvalue weighted by Crippen LogP contribution is -2.31. The normalized spacial score (nSPS) is 12.6. The highest BCUT2D eigenvalue weighted by molar-refractivity contribution is 7.92. The summed E-state index contributed by atoms with van der Waals surface area (Å²) < 4.78 is 52.8. The fourth-order valence-corrected chi connectivity index (χ4v) is 3.07. The predicted molar refractivity (Wildman–Crippen MR) is 81.1 cm³/mol. The molecule has 1 rings (SSSR count). The van der Waals surface area contributed by atoms with Crippen molar-refractivity contribution in [3.63, 3.8) is 0 Å². The molecule has 1 aromatic rings. The van der Waals surface area contributed by atoms with Crippen LogP contribution in [0.1, 0.15) is 13.8 Å². The SMILES string of the molecule is CC(C)OCCS(=O)(=O)N(C)c1ccc(S(N)(=O)=O)cc1. The summed E-state index contributed by atoms with van der Waals surface area (Å²) in [5, 5.41) is 4.99. The van der Waals surface area contributed by atoms with Gasteiger partial charge in [0.05, 0.1) is 29.0 Å². The Morgan fingerprint density at radius 2 is 1.67 bits per heavy atom. The van der Waals surface area contributed by atoms with Gasteiger partial charge in [-0.2, -0.15) is 0 Å². The van der Waals surface area contributed by atoms with Crippen LogP contribution in [-0.4, -0.2) is 42.3 Å². The van der Waals surface area contributed by atoms with Gasteiger partial charge in [0.25, 0.3) is 0 Å². The van der Waals surface area contributed by atoms with Crippen molar-refractivity contribution in [2.24, 2.45) is 5.14 Å². The number of anilines is 1. The maximum Gasteiger partial charge on any atom is 0.238 e. The van der Waals surface area contributed by atoms with Crippen LogP contribution < -0.4 is 9.44 Å². The summed E-state index contributed by atoms with van der Waals surface area (Å²) >= 11 is 0. The van der Waals surface area contributed by atoms with Crippen molar-refractivity contribution in [3.8, 4) is 0 Å². The lowest BCUT2D eigenvalue weighted by Gasteiger charge is -2.20. The van der Waals surface area contributed by atoms with Crippen molar-refractivity contribution < 1.29 is 21.6 Å². The topological polar surface area (TPSA) is 107 Å². The maximum absolute atomic E-state index is 12.1. The Bertz CT molecular complexity index is 666. The molecule has 0 aliphatic carbocycles. The van der Waals surface area contributed by atoms with Crippen molar-refractivity contribution in [2.45, 2.75) is 24.8 Å². The van der Waals surface area contributed by atoms with Crippen molar-refractivity contribution >= 4 is 25.7 Å². The van der Waals surface area contributed by atoms with E-state index in [0.717, 1.165) is 4.31 Å². The molecular formula is C12H20N2O5S2. The molecule has 0 aliphatic rings. The number of nitrogens with two attached hydrogens (primary N) is 1. The highest BCUT2D eigenvalue weighted by atomic mass is 32.2. The number of hydrogen-bond donors (Lipinski definition) is 1. The van der Waals surface area contributed by atoms with E-state index in [9.17, 15) is 16.8 Å². The van der Waals surface area contributed by atoms with E-state index >= 15 is 0 Å². The zero-order valence-electron chi connectivity index (χ0n) is 12.2. The van der Waals surface area contributed by atoms with Gasteiger partial charge in [-0.25, -0.2) is 22.0 Å². The zero-order valence-corrected chi connectivity index (χ0v) is 13.8. The molecule has 0 aromatic heterocycles. The van der Waals surface area contributed by atoms with Gasteiger partial charge in [0.1, 0.15) is 0 Å². The maximum atomic E-state index is 12.1. The third-order valence-electron chi connectivity index (χ3n) is 2.74. The monoisotopic (exact) mass is 336 g/mol. The van der Waals surface area contributed by atoms with E-state index in [4.69, 9.17) is 9.88 Å². The molecule has 9 heteroatoms. The number of nitrogens with zero attached hydrogens (tertiary/aromatic N) is 1. The third-order valence-corrected chi connectivity index (χ3v) is 5.40. The smallest absolute Gasteiger partial charge is 0.238 e. The average molecular weight is 336 g/mol. The van der Waals surface area contributed by atoms with E-state index in [0.29, 0.717) is 5.69 Å². The summed E-state index contributed by atoms with van der Waals surface area (Å²) in [7, 11) is -5.92. The molecule has 7 nitrogen and oxygen atoms in total. The zero-order chi connectivity index (χ0) is 16.3. The molecule has 0 heterocycles.